The topological polar surface area (TPSA) is 120 Å². The van der Waals surface area contributed by atoms with Crippen LogP contribution in [0.15, 0.2) is 36.5 Å². The molecule has 1 atom stereocenters. The third-order valence-corrected chi connectivity index (χ3v) is 4.92. The molecule has 2 heterocycles. The monoisotopic (exact) mass is 417 g/mol. The summed E-state index contributed by atoms with van der Waals surface area (Å²) in [5, 5.41) is 14.1. The molecule has 144 valence electrons. The van der Waals surface area contributed by atoms with Gasteiger partial charge in [0.15, 0.2) is 0 Å². The number of nitrogens with two attached hydrogens (primary N) is 1. The van der Waals surface area contributed by atoms with Gasteiger partial charge in [-0.1, -0.05) is 23.2 Å². The predicted octanol–water partition coefficient (Wildman–Crippen LogP) is 3.07. The molecule has 0 radical (unpaired) electrons. The van der Waals surface area contributed by atoms with Crippen LogP contribution in [0.2, 0.25) is 10.0 Å². The number of fused-ring (bicyclic) bond motifs is 2. The van der Waals surface area contributed by atoms with E-state index in [1.54, 1.807) is 18.2 Å². The van der Waals surface area contributed by atoms with Gasteiger partial charge >= 0.3 is 0 Å². The molecule has 0 fully saturated rings. The van der Waals surface area contributed by atoms with E-state index in [2.05, 4.69) is 20.3 Å². The Morgan fingerprint density at radius 3 is 2.82 bits per heavy atom. The molecule has 0 spiro atoms. The summed E-state index contributed by atoms with van der Waals surface area (Å²) >= 11 is 12.3. The molecule has 2 aromatic carbocycles. The summed E-state index contributed by atoms with van der Waals surface area (Å²) in [7, 11) is 0. The Hall–Kier alpha value is -2.58. The molecule has 0 saturated heterocycles. The molecule has 2 aromatic heterocycles. The second-order valence-electron chi connectivity index (χ2n) is 6.43. The minimum atomic E-state index is -0.815. The average Bonchev–Trinajstić information content (AvgIpc) is 3.28. The number of aromatic amines is 2. The summed E-state index contributed by atoms with van der Waals surface area (Å²) in [6, 6.07) is 8.80. The zero-order chi connectivity index (χ0) is 19.8. The number of nitrogens with one attached hydrogen (secondary N) is 3. The number of benzene rings is 2. The second kappa shape index (κ2) is 7.44. The second-order valence-corrected chi connectivity index (χ2v) is 7.30. The summed E-state index contributed by atoms with van der Waals surface area (Å²) in [6.07, 6.45) is 1.02. The van der Waals surface area contributed by atoms with Gasteiger partial charge in [0.05, 0.1) is 17.2 Å². The Labute approximate surface area is 169 Å². The molecule has 0 saturated carbocycles. The highest BCUT2D eigenvalue weighted by Crippen LogP contribution is 2.31. The molecule has 9 heteroatoms. The van der Waals surface area contributed by atoms with Crippen LogP contribution in [0.5, 0.6) is 0 Å². The molecule has 4 aromatic rings. The summed E-state index contributed by atoms with van der Waals surface area (Å²) in [4.78, 5) is 23.6. The van der Waals surface area contributed by atoms with E-state index in [1.165, 1.54) is 0 Å². The number of hydrogen-bond acceptors (Lipinski definition) is 4. The van der Waals surface area contributed by atoms with Gasteiger partial charge in [0.25, 0.3) is 5.91 Å². The van der Waals surface area contributed by atoms with Gasteiger partial charge in [0.1, 0.15) is 11.3 Å². The Morgan fingerprint density at radius 2 is 2.04 bits per heavy atom. The van der Waals surface area contributed by atoms with Gasteiger partial charge in [0, 0.05) is 45.8 Å². The normalized spacial score (nSPS) is 12.6. The zero-order valence-electron chi connectivity index (χ0n) is 14.6. The molecule has 4 rings (SSSR count). The lowest BCUT2D eigenvalue weighted by Gasteiger charge is -2.09. The first kappa shape index (κ1) is 18.8. The van der Waals surface area contributed by atoms with Gasteiger partial charge < -0.3 is 26.1 Å². The molecular formula is C19H17Cl2N5O2. The van der Waals surface area contributed by atoms with E-state index in [0.717, 1.165) is 16.5 Å². The van der Waals surface area contributed by atoms with Crippen molar-refractivity contribution < 1.29 is 9.90 Å². The first-order valence-corrected chi connectivity index (χ1v) is 9.34. The van der Waals surface area contributed by atoms with Crippen molar-refractivity contribution in [3.63, 3.8) is 0 Å². The van der Waals surface area contributed by atoms with Crippen LogP contribution in [0.25, 0.3) is 33.3 Å². The van der Waals surface area contributed by atoms with Gasteiger partial charge in [-0.15, -0.1) is 0 Å². The fraction of sp³-hybridized carbons (Fsp3) is 0.158. The Bertz CT molecular complexity index is 1180. The minimum absolute atomic E-state index is 0.0432. The smallest absolute Gasteiger partial charge is 0.253 e. The number of H-pyrrole nitrogens is 2. The van der Waals surface area contributed by atoms with E-state index < -0.39 is 6.10 Å². The lowest BCUT2D eigenvalue weighted by Crippen LogP contribution is -2.36. The third kappa shape index (κ3) is 3.45. The van der Waals surface area contributed by atoms with Gasteiger partial charge in [-0.25, -0.2) is 4.98 Å². The zero-order valence-corrected chi connectivity index (χ0v) is 16.1. The van der Waals surface area contributed by atoms with Crippen molar-refractivity contribution in [1.29, 1.82) is 0 Å². The maximum absolute atomic E-state index is 12.6. The van der Waals surface area contributed by atoms with E-state index in [4.69, 9.17) is 28.9 Å². The van der Waals surface area contributed by atoms with Crippen molar-refractivity contribution in [2.45, 2.75) is 6.10 Å². The molecule has 28 heavy (non-hydrogen) atoms. The summed E-state index contributed by atoms with van der Waals surface area (Å²) in [5.41, 5.74) is 8.55. The number of imidazole rings is 1. The molecule has 0 aliphatic heterocycles. The summed E-state index contributed by atoms with van der Waals surface area (Å²) in [6.45, 7) is 0.0997. The van der Waals surface area contributed by atoms with Gasteiger partial charge in [0.2, 0.25) is 0 Å². The summed E-state index contributed by atoms with van der Waals surface area (Å²) in [5.74, 6) is 0.196. The lowest BCUT2D eigenvalue weighted by atomic mass is 10.1. The van der Waals surface area contributed by atoms with Crippen LogP contribution < -0.4 is 11.1 Å². The standard InChI is InChI=1S/C19H17Cl2N5O2/c20-9-1-2-15-12(3-9)14(8-23-15)18-25-16-5-10(21)4-13(17(16)26-18)19(28)24-7-11(27)6-22/h1-5,8,11,23,27H,6-7,22H2,(H,24,28)(H,25,26). The van der Waals surface area contributed by atoms with Gasteiger partial charge in [-0.3, -0.25) is 4.79 Å². The number of aromatic nitrogens is 3. The fourth-order valence-corrected chi connectivity index (χ4v) is 3.45. The Morgan fingerprint density at radius 1 is 1.21 bits per heavy atom. The van der Waals surface area contributed by atoms with E-state index in [-0.39, 0.29) is 19.0 Å². The third-order valence-electron chi connectivity index (χ3n) is 4.47. The first-order valence-electron chi connectivity index (χ1n) is 8.59. The largest absolute Gasteiger partial charge is 0.390 e. The number of aliphatic hydroxyl groups is 1. The number of carbonyl (C=O) groups excluding carboxylic acids is 1. The maximum Gasteiger partial charge on any atom is 0.253 e. The van der Waals surface area contributed by atoms with Crippen LogP contribution in [-0.2, 0) is 0 Å². The Kier molecular flexibility index (Phi) is 4.99. The van der Waals surface area contributed by atoms with Crippen molar-refractivity contribution in [2.75, 3.05) is 13.1 Å². The number of halogens is 2. The molecule has 7 nitrogen and oxygen atoms in total. The molecule has 6 N–H and O–H groups in total. The van der Waals surface area contributed by atoms with Crippen molar-refractivity contribution in [1.82, 2.24) is 20.3 Å². The van der Waals surface area contributed by atoms with Crippen molar-refractivity contribution in [3.8, 4) is 11.4 Å². The highest BCUT2D eigenvalue weighted by atomic mass is 35.5. The molecular weight excluding hydrogens is 401 g/mol. The van der Waals surface area contributed by atoms with E-state index in [9.17, 15) is 9.90 Å². The number of hydrogen-bond donors (Lipinski definition) is 5. The van der Waals surface area contributed by atoms with E-state index in [0.29, 0.717) is 32.5 Å². The quantitative estimate of drug-likeness (QED) is 0.342. The van der Waals surface area contributed by atoms with Crippen LogP contribution in [0.3, 0.4) is 0 Å². The number of amides is 1. The van der Waals surface area contributed by atoms with Crippen molar-refractivity contribution >= 4 is 51.0 Å². The fourth-order valence-electron chi connectivity index (χ4n) is 3.06. The van der Waals surface area contributed by atoms with Crippen LogP contribution in [-0.4, -0.2) is 45.2 Å². The predicted molar refractivity (Wildman–Crippen MR) is 111 cm³/mol. The van der Waals surface area contributed by atoms with Crippen molar-refractivity contribution in [3.05, 3.63) is 52.1 Å². The number of carbonyl (C=O) groups is 1. The maximum atomic E-state index is 12.6. The van der Waals surface area contributed by atoms with Crippen LogP contribution >= 0.6 is 23.2 Å². The van der Waals surface area contributed by atoms with Crippen LogP contribution in [0, 0.1) is 0 Å². The van der Waals surface area contributed by atoms with Crippen LogP contribution in [0.1, 0.15) is 10.4 Å². The molecule has 0 aliphatic carbocycles. The lowest BCUT2D eigenvalue weighted by molar-refractivity contribution is 0.0921. The molecule has 1 amide bonds. The molecule has 0 bridgehead atoms. The highest BCUT2D eigenvalue weighted by Gasteiger charge is 2.18. The highest BCUT2D eigenvalue weighted by molar-refractivity contribution is 6.32. The minimum Gasteiger partial charge on any atom is -0.390 e. The van der Waals surface area contributed by atoms with Crippen molar-refractivity contribution in [2.24, 2.45) is 5.73 Å². The number of aliphatic hydroxyl groups excluding tert-OH is 1. The van der Waals surface area contributed by atoms with Gasteiger partial charge in [-0.05, 0) is 30.3 Å². The van der Waals surface area contributed by atoms with E-state index in [1.807, 2.05) is 18.3 Å². The number of rotatable bonds is 5. The molecule has 0 aliphatic rings. The number of nitrogens with zero attached hydrogens (tertiary/aromatic N) is 1. The molecule has 1 unspecified atom stereocenters. The van der Waals surface area contributed by atoms with Gasteiger partial charge in [-0.2, -0.15) is 0 Å². The SMILES string of the molecule is NCC(O)CNC(=O)c1cc(Cl)cc2[nH]c(-c3c[nH]c4ccc(Cl)cc34)nc12. The average molecular weight is 418 g/mol. The first-order chi connectivity index (χ1) is 13.5. The van der Waals surface area contributed by atoms with E-state index >= 15 is 0 Å². The van der Waals surface area contributed by atoms with Crippen LogP contribution in [0.4, 0.5) is 0 Å². The summed E-state index contributed by atoms with van der Waals surface area (Å²) < 4.78 is 0. The Balaban J connectivity index is 1.78.